The molecule has 2 rings (SSSR count). The Kier molecular flexibility index (Phi) is 3.62. The first kappa shape index (κ1) is 12.6. The van der Waals surface area contributed by atoms with Gasteiger partial charge in [0.15, 0.2) is 11.6 Å². The molecule has 2 aromatic rings. The Hall–Kier alpha value is -1.88. The van der Waals surface area contributed by atoms with Gasteiger partial charge in [-0.1, -0.05) is 17.7 Å². The summed E-state index contributed by atoms with van der Waals surface area (Å²) in [6, 6.07) is 5.34. The Morgan fingerprint density at radius 3 is 2.83 bits per heavy atom. The SMILES string of the molecule is CNc1ncc(F)c(Nc2cc(Cl)ccc2C)n1. The number of halogens is 2. The molecule has 0 atom stereocenters. The molecule has 6 heteroatoms. The van der Waals surface area contributed by atoms with E-state index in [2.05, 4.69) is 20.6 Å². The van der Waals surface area contributed by atoms with Crippen molar-refractivity contribution in [2.75, 3.05) is 17.7 Å². The highest BCUT2D eigenvalue weighted by atomic mass is 35.5. The van der Waals surface area contributed by atoms with Crippen LogP contribution < -0.4 is 10.6 Å². The van der Waals surface area contributed by atoms with E-state index < -0.39 is 5.82 Å². The minimum absolute atomic E-state index is 0.111. The zero-order valence-corrected chi connectivity index (χ0v) is 10.7. The number of hydrogen-bond acceptors (Lipinski definition) is 4. The molecule has 2 N–H and O–H groups in total. The number of benzene rings is 1. The van der Waals surface area contributed by atoms with Crippen LogP contribution in [0.5, 0.6) is 0 Å². The van der Waals surface area contributed by atoms with Crippen LogP contribution in [0.4, 0.5) is 21.8 Å². The maximum absolute atomic E-state index is 13.6. The Morgan fingerprint density at radius 1 is 1.33 bits per heavy atom. The number of rotatable bonds is 3. The van der Waals surface area contributed by atoms with Crippen LogP contribution in [0.15, 0.2) is 24.4 Å². The van der Waals surface area contributed by atoms with Crippen molar-refractivity contribution in [1.29, 1.82) is 0 Å². The van der Waals surface area contributed by atoms with Gasteiger partial charge < -0.3 is 10.6 Å². The van der Waals surface area contributed by atoms with Gasteiger partial charge in [-0.15, -0.1) is 0 Å². The van der Waals surface area contributed by atoms with Gasteiger partial charge in [-0.25, -0.2) is 9.37 Å². The van der Waals surface area contributed by atoms with Crippen LogP contribution in [0.25, 0.3) is 0 Å². The molecule has 0 aliphatic rings. The smallest absolute Gasteiger partial charge is 0.224 e. The van der Waals surface area contributed by atoms with Crippen LogP contribution in [0.3, 0.4) is 0 Å². The fourth-order valence-electron chi connectivity index (χ4n) is 1.43. The van der Waals surface area contributed by atoms with E-state index in [1.165, 1.54) is 0 Å². The fraction of sp³-hybridized carbons (Fsp3) is 0.167. The minimum atomic E-state index is -0.520. The zero-order valence-electron chi connectivity index (χ0n) is 9.96. The second-order valence-electron chi connectivity index (χ2n) is 3.72. The highest BCUT2D eigenvalue weighted by Gasteiger charge is 2.08. The zero-order chi connectivity index (χ0) is 13.1. The van der Waals surface area contributed by atoms with Crippen molar-refractivity contribution in [1.82, 2.24) is 9.97 Å². The third kappa shape index (κ3) is 2.68. The molecule has 0 spiro atoms. The number of nitrogens with zero attached hydrogens (tertiary/aromatic N) is 2. The van der Waals surface area contributed by atoms with Gasteiger partial charge >= 0.3 is 0 Å². The molecule has 0 saturated heterocycles. The van der Waals surface area contributed by atoms with Gasteiger partial charge in [0.2, 0.25) is 5.95 Å². The standard InChI is InChI=1S/C12H12ClFN4/c1-7-3-4-8(13)5-10(7)17-11-9(14)6-16-12(15-2)18-11/h3-6H,1-2H3,(H2,15,16,17,18). The predicted octanol–water partition coefficient (Wildman–Crippen LogP) is 3.36. The number of aromatic nitrogens is 2. The van der Waals surface area contributed by atoms with Crippen LogP contribution >= 0.6 is 11.6 Å². The maximum atomic E-state index is 13.6. The summed E-state index contributed by atoms with van der Waals surface area (Å²) in [4.78, 5) is 7.78. The average molecular weight is 267 g/mol. The van der Waals surface area contributed by atoms with E-state index in [1.807, 2.05) is 13.0 Å². The molecule has 18 heavy (non-hydrogen) atoms. The van der Waals surface area contributed by atoms with E-state index >= 15 is 0 Å². The van der Waals surface area contributed by atoms with E-state index in [0.29, 0.717) is 16.7 Å². The molecule has 1 aromatic heterocycles. The van der Waals surface area contributed by atoms with Gasteiger partial charge in [-0.3, -0.25) is 0 Å². The van der Waals surface area contributed by atoms with Crippen molar-refractivity contribution in [3.63, 3.8) is 0 Å². The Bertz CT molecular complexity index is 574. The van der Waals surface area contributed by atoms with Crippen LogP contribution in [0.2, 0.25) is 5.02 Å². The lowest BCUT2D eigenvalue weighted by atomic mass is 10.2. The summed E-state index contributed by atoms with van der Waals surface area (Å²) in [5.41, 5.74) is 1.66. The predicted molar refractivity (Wildman–Crippen MR) is 71.0 cm³/mol. The number of aryl methyl sites for hydroxylation is 1. The van der Waals surface area contributed by atoms with Crippen LogP contribution in [-0.2, 0) is 0 Å². The number of anilines is 3. The summed E-state index contributed by atoms with van der Waals surface area (Å²) >= 11 is 5.90. The molecule has 0 unspecified atom stereocenters. The summed E-state index contributed by atoms with van der Waals surface area (Å²) in [6.07, 6.45) is 1.11. The second kappa shape index (κ2) is 5.18. The third-order valence-corrected chi connectivity index (χ3v) is 2.66. The van der Waals surface area contributed by atoms with E-state index in [0.717, 1.165) is 11.8 Å². The quantitative estimate of drug-likeness (QED) is 0.894. The molecule has 0 aliphatic heterocycles. The normalized spacial score (nSPS) is 10.2. The lowest BCUT2D eigenvalue weighted by Crippen LogP contribution is -2.03. The second-order valence-corrected chi connectivity index (χ2v) is 4.16. The largest absolute Gasteiger partial charge is 0.357 e. The van der Waals surface area contributed by atoms with Crippen LogP contribution in [0.1, 0.15) is 5.56 Å². The van der Waals surface area contributed by atoms with Gasteiger partial charge in [0.05, 0.1) is 6.20 Å². The molecule has 0 aliphatic carbocycles. The van der Waals surface area contributed by atoms with Crippen LogP contribution in [-0.4, -0.2) is 17.0 Å². The molecule has 0 bridgehead atoms. The fourth-order valence-corrected chi connectivity index (χ4v) is 1.60. The van der Waals surface area contributed by atoms with Crippen molar-refractivity contribution in [2.45, 2.75) is 6.92 Å². The topological polar surface area (TPSA) is 49.8 Å². The highest BCUT2D eigenvalue weighted by molar-refractivity contribution is 6.30. The molecule has 1 heterocycles. The lowest BCUT2D eigenvalue weighted by Gasteiger charge is -2.10. The summed E-state index contributed by atoms with van der Waals surface area (Å²) < 4.78 is 13.6. The summed E-state index contributed by atoms with van der Waals surface area (Å²) in [7, 11) is 1.67. The number of hydrogen-bond donors (Lipinski definition) is 2. The van der Waals surface area contributed by atoms with Crippen molar-refractivity contribution in [2.24, 2.45) is 0 Å². The monoisotopic (exact) mass is 266 g/mol. The van der Waals surface area contributed by atoms with Gasteiger partial charge in [-0.05, 0) is 24.6 Å². The molecule has 1 aromatic carbocycles. The third-order valence-electron chi connectivity index (χ3n) is 2.42. The van der Waals surface area contributed by atoms with E-state index in [4.69, 9.17) is 11.6 Å². The van der Waals surface area contributed by atoms with Crippen molar-refractivity contribution in [3.05, 3.63) is 40.8 Å². The maximum Gasteiger partial charge on any atom is 0.224 e. The highest BCUT2D eigenvalue weighted by Crippen LogP contribution is 2.24. The van der Waals surface area contributed by atoms with E-state index in [9.17, 15) is 4.39 Å². The first-order valence-electron chi connectivity index (χ1n) is 5.33. The first-order chi connectivity index (χ1) is 8.60. The molecule has 4 nitrogen and oxygen atoms in total. The first-order valence-corrected chi connectivity index (χ1v) is 5.71. The molecule has 0 amide bonds. The molecule has 0 fully saturated rings. The number of nitrogens with one attached hydrogen (secondary N) is 2. The van der Waals surface area contributed by atoms with Gasteiger partial charge in [-0.2, -0.15) is 4.98 Å². The Labute approximate surface area is 109 Å². The molecule has 0 radical (unpaired) electrons. The van der Waals surface area contributed by atoms with E-state index in [-0.39, 0.29) is 5.82 Å². The van der Waals surface area contributed by atoms with Gasteiger partial charge in [0.25, 0.3) is 0 Å². The Morgan fingerprint density at radius 2 is 2.11 bits per heavy atom. The Balaban J connectivity index is 2.36. The average Bonchev–Trinajstić information content (AvgIpc) is 2.36. The molecular formula is C12H12ClFN4. The van der Waals surface area contributed by atoms with Crippen molar-refractivity contribution < 1.29 is 4.39 Å². The van der Waals surface area contributed by atoms with Crippen molar-refractivity contribution >= 4 is 29.1 Å². The molecule has 94 valence electrons. The van der Waals surface area contributed by atoms with Gasteiger partial charge in [0.1, 0.15) is 0 Å². The minimum Gasteiger partial charge on any atom is -0.357 e. The summed E-state index contributed by atoms with van der Waals surface area (Å²) in [6.45, 7) is 1.90. The van der Waals surface area contributed by atoms with Crippen molar-refractivity contribution in [3.8, 4) is 0 Å². The van der Waals surface area contributed by atoms with Crippen LogP contribution in [0, 0.1) is 12.7 Å². The molecule has 0 saturated carbocycles. The summed E-state index contributed by atoms with van der Waals surface area (Å²) in [5, 5.41) is 6.23. The van der Waals surface area contributed by atoms with E-state index in [1.54, 1.807) is 19.2 Å². The summed E-state index contributed by atoms with van der Waals surface area (Å²) in [5.74, 6) is -0.0633. The molecular weight excluding hydrogens is 255 g/mol. The van der Waals surface area contributed by atoms with Gasteiger partial charge in [0, 0.05) is 17.8 Å². The lowest BCUT2D eigenvalue weighted by molar-refractivity contribution is 0.619.